The minimum Gasteiger partial charge on any atom is -0.497 e. The van der Waals surface area contributed by atoms with Crippen LogP contribution < -0.4 is 10.1 Å². The van der Waals surface area contributed by atoms with Crippen LogP contribution in [-0.4, -0.2) is 7.11 Å². The molecule has 0 bridgehead atoms. The van der Waals surface area contributed by atoms with E-state index in [-0.39, 0.29) is 5.56 Å². The van der Waals surface area contributed by atoms with Gasteiger partial charge in [-0.15, -0.1) is 0 Å². The largest absolute Gasteiger partial charge is 0.497 e. The summed E-state index contributed by atoms with van der Waals surface area (Å²) >= 11 is 0. The first-order valence-corrected chi connectivity index (χ1v) is 6.39. The van der Waals surface area contributed by atoms with Crippen molar-refractivity contribution >= 4 is 0 Å². The van der Waals surface area contributed by atoms with Crippen molar-refractivity contribution in [3.8, 4) is 5.75 Å². The number of rotatable bonds is 6. The molecule has 4 heteroatoms. The Bertz CT molecular complexity index is 558. The fraction of sp³-hybridized carbons (Fsp3) is 0.250. The summed E-state index contributed by atoms with van der Waals surface area (Å²) in [4.78, 5) is 0. The number of alkyl halides is 2. The third kappa shape index (κ3) is 4.03. The maximum absolute atomic E-state index is 12.6. The van der Waals surface area contributed by atoms with Crippen LogP contribution in [0.4, 0.5) is 8.78 Å². The molecule has 0 fully saturated rings. The van der Waals surface area contributed by atoms with Crippen molar-refractivity contribution in [2.45, 2.75) is 19.5 Å². The molecule has 1 N–H and O–H groups in total. The third-order valence-corrected chi connectivity index (χ3v) is 3.00. The summed E-state index contributed by atoms with van der Waals surface area (Å²) in [6.45, 7) is 1.22. The van der Waals surface area contributed by atoms with Crippen LogP contribution in [0.5, 0.6) is 5.75 Å². The van der Waals surface area contributed by atoms with Crippen LogP contribution in [0.2, 0.25) is 0 Å². The average Bonchev–Trinajstić information content (AvgIpc) is 2.48. The highest BCUT2D eigenvalue weighted by molar-refractivity contribution is 5.28. The normalized spacial score (nSPS) is 10.8. The van der Waals surface area contributed by atoms with Gasteiger partial charge in [0.2, 0.25) is 0 Å². The van der Waals surface area contributed by atoms with Crippen LogP contribution in [0.15, 0.2) is 48.5 Å². The van der Waals surface area contributed by atoms with Crippen molar-refractivity contribution < 1.29 is 13.5 Å². The molecule has 0 heterocycles. The smallest absolute Gasteiger partial charge is 0.263 e. The number of ether oxygens (including phenoxy) is 1. The molecular formula is C16H17F2NO. The van der Waals surface area contributed by atoms with Gasteiger partial charge in [-0.3, -0.25) is 0 Å². The fourth-order valence-corrected chi connectivity index (χ4v) is 1.97. The maximum atomic E-state index is 12.6. The van der Waals surface area contributed by atoms with Crippen molar-refractivity contribution in [2.75, 3.05) is 7.11 Å². The second-order valence-corrected chi connectivity index (χ2v) is 4.50. The average molecular weight is 277 g/mol. The Kier molecular flexibility index (Phi) is 5.07. The zero-order valence-corrected chi connectivity index (χ0v) is 11.3. The fourth-order valence-electron chi connectivity index (χ4n) is 1.97. The lowest BCUT2D eigenvalue weighted by atomic mass is 10.1. The van der Waals surface area contributed by atoms with Crippen LogP contribution in [0.25, 0.3) is 0 Å². The molecule has 2 aromatic carbocycles. The predicted octanol–water partition coefficient (Wildman–Crippen LogP) is 3.92. The summed E-state index contributed by atoms with van der Waals surface area (Å²) in [6, 6.07) is 14.2. The molecule has 0 radical (unpaired) electrons. The number of nitrogens with one attached hydrogen (secondary N) is 1. The van der Waals surface area contributed by atoms with Gasteiger partial charge in [0, 0.05) is 18.7 Å². The Morgan fingerprint density at radius 1 is 1.00 bits per heavy atom. The van der Waals surface area contributed by atoms with Gasteiger partial charge < -0.3 is 10.1 Å². The lowest BCUT2D eigenvalue weighted by Crippen LogP contribution is -2.12. The van der Waals surface area contributed by atoms with E-state index in [1.165, 1.54) is 12.1 Å². The summed E-state index contributed by atoms with van der Waals surface area (Å²) in [7, 11) is 1.63. The number of benzene rings is 2. The highest BCUT2D eigenvalue weighted by Crippen LogP contribution is 2.19. The van der Waals surface area contributed by atoms with E-state index in [2.05, 4.69) is 5.32 Å². The first-order chi connectivity index (χ1) is 9.69. The molecule has 0 aliphatic carbocycles. The van der Waals surface area contributed by atoms with E-state index in [1.807, 2.05) is 30.3 Å². The molecular weight excluding hydrogens is 260 g/mol. The number of hydrogen-bond acceptors (Lipinski definition) is 2. The number of hydrogen-bond donors (Lipinski definition) is 1. The van der Waals surface area contributed by atoms with Crippen LogP contribution in [0.3, 0.4) is 0 Å². The van der Waals surface area contributed by atoms with Gasteiger partial charge in [-0.2, -0.15) is 0 Å². The van der Waals surface area contributed by atoms with Gasteiger partial charge in [-0.05, 0) is 29.3 Å². The molecule has 0 saturated heterocycles. The molecule has 0 atom stereocenters. The predicted molar refractivity (Wildman–Crippen MR) is 74.9 cm³/mol. The van der Waals surface area contributed by atoms with Crippen molar-refractivity contribution in [1.29, 1.82) is 0 Å². The Morgan fingerprint density at radius 3 is 2.30 bits per heavy atom. The number of methoxy groups -OCH3 is 1. The highest BCUT2D eigenvalue weighted by atomic mass is 19.3. The molecule has 20 heavy (non-hydrogen) atoms. The molecule has 0 aliphatic heterocycles. The van der Waals surface area contributed by atoms with Crippen molar-refractivity contribution in [2.24, 2.45) is 0 Å². The van der Waals surface area contributed by atoms with E-state index in [0.717, 1.165) is 16.9 Å². The topological polar surface area (TPSA) is 21.3 Å². The summed E-state index contributed by atoms with van der Waals surface area (Å²) in [6.07, 6.45) is -2.42. The summed E-state index contributed by atoms with van der Waals surface area (Å²) < 4.78 is 30.3. The van der Waals surface area contributed by atoms with Gasteiger partial charge in [0.05, 0.1) is 7.11 Å². The van der Waals surface area contributed by atoms with E-state index < -0.39 is 6.43 Å². The van der Waals surface area contributed by atoms with Gasteiger partial charge in [-0.25, -0.2) is 8.78 Å². The van der Waals surface area contributed by atoms with Gasteiger partial charge in [0.25, 0.3) is 6.43 Å². The van der Waals surface area contributed by atoms with E-state index in [1.54, 1.807) is 13.2 Å². The van der Waals surface area contributed by atoms with Gasteiger partial charge in [0.1, 0.15) is 5.75 Å². The van der Waals surface area contributed by atoms with E-state index in [9.17, 15) is 8.78 Å². The monoisotopic (exact) mass is 277 g/mol. The van der Waals surface area contributed by atoms with Crippen LogP contribution in [-0.2, 0) is 13.1 Å². The van der Waals surface area contributed by atoms with E-state index in [4.69, 9.17) is 4.74 Å². The van der Waals surface area contributed by atoms with Crippen LogP contribution >= 0.6 is 0 Å². The van der Waals surface area contributed by atoms with Gasteiger partial charge >= 0.3 is 0 Å². The molecule has 0 spiro atoms. The number of halogens is 2. The zero-order chi connectivity index (χ0) is 14.4. The van der Waals surface area contributed by atoms with Crippen molar-refractivity contribution in [3.63, 3.8) is 0 Å². The summed E-state index contributed by atoms with van der Waals surface area (Å²) in [5, 5.41) is 3.23. The Morgan fingerprint density at radius 2 is 1.65 bits per heavy atom. The van der Waals surface area contributed by atoms with Crippen LogP contribution in [0.1, 0.15) is 23.1 Å². The second kappa shape index (κ2) is 7.01. The molecule has 0 amide bonds. The quantitative estimate of drug-likeness (QED) is 0.864. The molecule has 0 aromatic heterocycles. The molecule has 0 unspecified atom stereocenters. The first kappa shape index (κ1) is 14.5. The molecule has 2 aromatic rings. The van der Waals surface area contributed by atoms with E-state index >= 15 is 0 Å². The van der Waals surface area contributed by atoms with Crippen molar-refractivity contribution in [3.05, 3.63) is 65.2 Å². The van der Waals surface area contributed by atoms with Gasteiger partial charge in [0.15, 0.2) is 0 Å². The minimum atomic E-state index is -2.42. The molecule has 2 nitrogen and oxygen atoms in total. The zero-order valence-electron chi connectivity index (χ0n) is 11.3. The SMILES string of the molecule is COc1cccc(CNCc2cccc(C(F)F)c2)c1. The van der Waals surface area contributed by atoms with E-state index in [0.29, 0.717) is 13.1 Å². The molecule has 0 saturated carbocycles. The third-order valence-electron chi connectivity index (χ3n) is 3.00. The Balaban J connectivity index is 1.90. The maximum Gasteiger partial charge on any atom is 0.263 e. The standard InChI is InChI=1S/C16H17F2NO/c1-20-15-7-3-5-13(9-15)11-19-10-12-4-2-6-14(8-12)16(17)18/h2-9,16,19H,10-11H2,1H3. The Hall–Kier alpha value is -1.94. The summed E-state index contributed by atoms with van der Waals surface area (Å²) in [5.74, 6) is 0.809. The first-order valence-electron chi connectivity index (χ1n) is 6.39. The second-order valence-electron chi connectivity index (χ2n) is 4.50. The Labute approximate surface area is 117 Å². The summed E-state index contributed by atoms with van der Waals surface area (Å²) in [5.41, 5.74) is 2.01. The highest BCUT2D eigenvalue weighted by Gasteiger charge is 2.06. The lowest BCUT2D eigenvalue weighted by Gasteiger charge is -2.08. The molecule has 0 aliphatic rings. The lowest BCUT2D eigenvalue weighted by molar-refractivity contribution is 0.151. The van der Waals surface area contributed by atoms with Crippen LogP contribution in [0, 0.1) is 0 Å². The molecule has 2 rings (SSSR count). The minimum absolute atomic E-state index is 0.0608. The van der Waals surface area contributed by atoms with Crippen molar-refractivity contribution in [1.82, 2.24) is 5.32 Å². The van der Waals surface area contributed by atoms with Gasteiger partial charge in [-0.1, -0.05) is 30.3 Å². The molecule has 106 valence electrons.